The van der Waals surface area contributed by atoms with Crippen LogP contribution in [0.4, 0.5) is 0 Å². The molecular weight excluding hydrogens is 200 g/mol. The van der Waals surface area contributed by atoms with Gasteiger partial charge in [-0.05, 0) is 25.2 Å². The van der Waals surface area contributed by atoms with Gasteiger partial charge in [-0.3, -0.25) is 4.79 Å². The third-order valence-electron chi connectivity index (χ3n) is 3.99. The number of nitrogens with one attached hydrogen (secondary N) is 1. The molecule has 2 fully saturated rings. The first-order chi connectivity index (χ1) is 7.83. The lowest BCUT2D eigenvalue weighted by Crippen LogP contribution is -2.48. The monoisotopic (exact) mass is 224 g/mol. The summed E-state index contributed by atoms with van der Waals surface area (Å²) in [6, 6.07) is 0.503. The first-order valence-corrected chi connectivity index (χ1v) is 6.83. The highest BCUT2D eigenvalue weighted by Crippen LogP contribution is 2.27. The molecule has 2 atom stereocenters. The second-order valence-corrected chi connectivity index (χ2v) is 5.17. The normalized spacial score (nSPS) is 29.2. The molecule has 1 amide bonds. The van der Waals surface area contributed by atoms with Crippen molar-refractivity contribution in [2.75, 3.05) is 19.6 Å². The van der Waals surface area contributed by atoms with Gasteiger partial charge in [-0.1, -0.05) is 19.8 Å². The average Bonchev–Trinajstić information content (AvgIpc) is 2.76. The molecule has 3 heteroatoms. The van der Waals surface area contributed by atoms with Crippen LogP contribution in [0.15, 0.2) is 0 Å². The molecule has 0 spiro atoms. The second kappa shape index (κ2) is 5.67. The number of amides is 1. The number of unbranched alkanes of at least 4 members (excludes halogenated alkanes) is 2. The van der Waals surface area contributed by atoms with Crippen molar-refractivity contribution in [2.45, 2.75) is 51.5 Å². The Morgan fingerprint density at radius 3 is 3.06 bits per heavy atom. The van der Waals surface area contributed by atoms with Gasteiger partial charge in [0.2, 0.25) is 5.91 Å². The molecule has 0 radical (unpaired) electrons. The zero-order valence-electron chi connectivity index (χ0n) is 10.4. The molecule has 0 bridgehead atoms. The molecule has 0 aromatic carbocycles. The van der Waals surface area contributed by atoms with Gasteiger partial charge in [0.1, 0.15) is 0 Å². The van der Waals surface area contributed by atoms with Crippen LogP contribution in [-0.4, -0.2) is 36.5 Å². The van der Waals surface area contributed by atoms with E-state index in [1.807, 2.05) is 0 Å². The first-order valence-electron chi connectivity index (χ1n) is 6.83. The van der Waals surface area contributed by atoms with E-state index in [4.69, 9.17) is 0 Å². The van der Waals surface area contributed by atoms with Gasteiger partial charge in [-0.25, -0.2) is 0 Å². The van der Waals surface area contributed by atoms with E-state index >= 15 is 0 Å². The minimum Gasteiger partial charge on any atom is -0.338 e. The zero-order chi connectivity index (χ0) is 11.4. The van der Waals surface area contributed by atoms with Crippen molar-refractivity contribution in [2.24, 2.45) is 5.92 Å². The van der Waals surface area contributed by atoms with Crippen LogP contribution in [0.1, 0.15) is 45.4 Å². The lowest BCUT2D eigenvalue weighted by Gasteiger charge is -2.37. The van der Waals surface area contributed by atoms with E-state index in [0.717, 1.165) is 38.4 Å². The Bertz CT molecular complexity index is 242. The lowest BCUT2D eigenvalue weighted by molar-refractivity contribution is -0.135. The standard InChI is InChI=1S/C13H24N2O/c1-2-3-4-7-13(16)15-8-5-6-11-9-14-10-12(11)15/h11-12,14H,2-10H2,1H3. The Labute approximate surface area is 98.6 Å². The summed E-state index contributed by atoms with van der Waals surface area (Å²) in [4.78, 5) is 14.3. The Kier molecular flexibility index (Phi) is 4.22. The maximum Gasteiger partial charge on any atom is 0.222 e. The van der Waals surface area contributed by atoms with Gasteiger partial charge in [0, 0.05) is 32.1 Å². The van der Waals surface area contributed by atoms with Crippen molar-refractivity contribution >= 4 is 5.91 Å². The van der Waals surface area contributed by atoms with Crippen molar-refractivity contribution in [1.29, 1.82) is 0 Å². The Balaban J connectivity index is 1.84. The van der Waals surface area contributed by atoms with Gasteiger partial charge in [0.15, 0.2) is 0 Å². The Morgan fingerprint density at radius 2 is 2.25 bits per heavy atom. The number of hydrogen-bond donors (Lipinski definition) is 1. The van der Waals surface area contributed by atoms with Crippen LogP contribution >= 0.6 is 0 Å². The van der Waals surface area contributed by atoms with Gasteiger partial charge >= 0.3 is 0 Å². The van der Waals surface area contributed by atoms with Crippen LogP contribution in [0.3, 0.4) is 0 Å². The van der Waals surface area contributed by atoms with Gasteiger partial charge in [0.25, 0.3) is 0 Å². The van der Waals surface area contributed by atoms with Gasteiger partial charge in [0.05, 0.1) is 0 Å². The van der Waals surface area contributed by atoms with Crippen LogP contribution in [0.5, 0.6) is 0 Å². The molecule has 0 aromatic rings. The van der Waals surface area contributed by atoms with E-state index in [9.17, 15) is 4.79 Å². The number of rotatable bonds is 4. The Morgan fingerprint density at radius 1 is 1.38 bits per heavy atom. The zero-order valence-corrected chi connectivity index (χ0v) is 10.4. The summed E-state index contributed by atoms with van der Waals surface area (Å²) in [5.74, 6) is 1.12. The van der Waals surface area contributed by atoms with Crippen LogP contribution < -0.4 is 5.32 Å². The minimum atomic E-state index is 0.395. The van der Waals surface area contributed by atoms with Crippen molar-refractivity contribution in [3.63, 3.8) is 0 Å². The second-order valence-electron chi connectivity index (χ2n) is 5.17. The number of fused-ring (bicyclic) bond motifs is 1. The summed E-state index contributed by atoms with van der Waals surface area (Å²) in [7, 11) is 0. The SMILES string of the molecule is CCCCCC(=O)N1CCCC2CNCC21. The topological polar surface area (TPSA) is 32.3 Å². The molecule has 0 aliphatic carbocycles. The largest absolute Gasteiger partial charge is 0.338 e. The maximum absolute atomic E-state index is 12.1. The van der Waals surface area contributed by atoms with Crippen molar-refractivity contribution in [1.82, 2.24) is 10.2 Å². The summed E-state index contributed by atoms with van der Waals surface area (Å²) in [5.41, 5.74) is 0. The lowest BCUT2D eigenvalue weighted by atomic mass is 9.91. The molecule has 2 saturated heterocycles. The molecule has 1 N–H and O–H groups in total. The highest BCUT2D eigenvalue weighted by molar-refractivity contribution is 5.76. The van der Waals surface area contributed by atoms with Crippen LogP contribution in [0.2, 0.25) is 0 Å². The molecule has 2 aliphatic rings. The Hall–Kier alpha value is -0.570. The smallest absolute Gasteiger partial charge is 0.222 e. The summed E-state index contributed by atoms with van der Waals surface area (Å²) < 4.78 is 0. The molecule has 2 rings (SSSR count). The molecule has 2 aliphatic heterocycles. The van der Waals surface area contributed by atoms with E-state index in [0.29, 0.717) is 11.9 Å². The number of piperidine rings is 1. The molecule has 0 aromatic heterocycles. The predicted molar refractivity (Wildman–Crippen MR) is 65.2 cm³/mol. The quantitative estimate of drug-likeness (QED) is 0.738. The summed E-state index contributed by atoms with van der Waals surface area (Å²) >= 11 is 0. The molecule has 92 valence electrons. The fourth-order valence-electron chi connectivity index (χ4n) is 3.05. The number of carbonyl (C=O) groups excluding carboxylic acids is 1. The van der Waals surface area contributed by atoms with Crippen LogP contribution in [0, 0.1) is 5.92 Å². The highest BCUT2D eigenvalue weighted by atomic mass is 16.2. The third-order valence-corrected chi connectivity index (χ3v) is 3.99. The third kappa shape index (κ3) is 2.57. The fourth-order valence-corrected chi connectivity index (χ4v) is 3.05. The minimum absolute atomic E-state index is 0.395. The van der Waals surface area contributed by atoms with E-state index in [2.05, 4.69) is 17.1 Å². The highest BCUT2D eigenvalue weighted by Gasteiger charge is 2.36. The van der Waals surface area contributed by atoms with Crippen molar-refractivity contribution in [3.05, 3.63) is 0 Å². The van der Waals surface area contributed by atoms with Gasteiger partial charge in [-0.15, -0.1) is 0 Å². The molecule has 0 saturated carbocycles. The fraction of sp³-hybridized carbons (Fsp3) is 0.923. The first kappa shape index (κ1) is 11.9. The van der Waals surface area contributed by atoms with E-state index in [1.54, 1.807) is 0 Å². The molecule has 2 heterocycles. The van der Waals surface area contributed by atoms with E-state index in [-0.39, 0.29) is 0 Å². The molecule has 3 nitrogen and oxygen atoms in total. The average molecular weight is 224 g/mol. The summed E-state index contributed by atoms with van der Waals surface area (Å²) in [6.07, 6.45) is 6.71. The summed E-state index contributed by atoms with van der Waals surface area (Å²) in [6.45, 7) is 5.31. The van der Waals surface area contributed by atoms with Gasteiger partial charge in [-0.2, -0.15) is 0 Å². The summed E-state index contributed by atoms with van der Waals surface area (Å²) in [5, 5.41) is 3.42. The molecule has 16 heavy (non-hydrogen) atoms. The van der Waals surface area contributed by atoms with E-state index < -0.39 is 0 Å². The number of likely N-dealkylation sites (tertiary alicyclic amines) is 1. The predicted octanol–water partition coefficient (Wildman–Crippen LogP) is 1.78. The molecular formula is C13H24N2O. The van der Waals surface area contributed by atoms with Gasteiger partial charge < -0.3 is 10.2 Å². The van der Waals surface area contributed by atoms with Crippen LogP contribution in [0.25, 0.3) is 0 Å². The van der Waals surface area contributed by atoms with Crippen molar-refractivity contribution < 1.29 is 4.79 Å². The number of nitrogens with zero attached hydrogens (tertiary/aromatic N) is 1. The van der Waals surface area contributed by atoms with E-state index in [1.165, 1.54) is 25.7 Å². The maximum atomic E-state index is 12.1. The van der Waals surface area contributed by atoms with Crippen molar-refractivity contribution in [3.8, 4) is 0 Å². The molecule has 2 unspecified atom stereocenters. The number of carbonyl (C=O) groups is 1. The van der Waals surface area contributed by atoms with Crippen LogP contribution in [-0.2, 0) is 4.79 Å². The number of hydrogen-bond acceptors (Lipinski definition) is 2.